The molecule has 24 heavy (non-hydrogen) atoms. The van der Waals surface area contributed by atoms with Crippen LogP contribution in [0.5, 0.6) is 5.75 Å². The van der Waals surface area contributed by atoms with Crippen LogP contribution in [0, 0.1) is 0 Å². The highest BCUT2D eigenvalue weighted by Crippen LogP contribution is 2.18. The van der Waals surface area contributed by atoms with E-state index >= 15 is 0 Å². The van der Waals surface area contributed by atoms with Crippen LogP contribution in [-0.2, 0) is 9.53 Å². The molecule has 0 amide bonds. The molecule has 0 saturated carbocycles. The highest BCUT2D eigenvalue weighted by atomic mass is 16.5. The van der Waals surface area contributed by atoms with Crippen molar-refractivity contribution < 1.29 is 14.3 Å². The summed E-state index contributed by atoms with van der Waals surface area (Å²) in [5, 5.41) is 3.36. The number of ether oxygens (including phenoxy) is 2. The summed E-state index contributed by atoms with van der Waals surface area (Å²) in [5.41, 5.74) is 2.68. The first-order valence-corrected chi connectivity index (χ1v) is 7.85. The third kappa shape index (κ3) is 4.96. The Kier molecular flexibility index (Phi) is 6.58. The molecule has 2 aromatic carbocycles. The van der Waals surface area contributed by atoms with Crippen molar-refractivity contribution in [3.8, 4) is 5.75 Å². The van der Waals surface area contributed by atoms with Crippen molar-refractivity contribution in [1.82, 2.24) is 5.32 Å². The zero-order valence-electron chi connectivity index (χ0n) is 14.3. The molecule has 0 spiro atoms. The average molecular weight is 325 g/mol. The monoisotopic (exact) mass is 325 g/mol. The van der Waals surface area contributed by atoms with Gasteiger partial charge in [0.25, 0.3) is 0 Å². The van der Waals surface area contributed by atoms with Gasteiger partial charge in [0.2, 0.25) is 0 Å². The zero-order chi connectivity index (χ0) is 17.4. The summed E-state index contributed by atoms with van der Waals surface area (Å²) < 4.78 is 10.1. The van der Waals surface area contributed by atoms with Gasteiger partial charge in [-0.25, -0.2) is 4.79 Å². The molecule has 0 fully saturated rings. The normalized spacial score (nSPS) is 12.5. The molecule has 1 atom stereocenters. The van der Waals surface area contributed by atoms with E-state index in [9.17, 15) is 4.79 Å². The Bertz CT molecular complexity index is 678. The Morgan fingerprint density at radius 3 is 2.33 bits per heavy atom. The molecule has 0 heterocycles. The van der Waals surface area contributed by atoms with Crippen LogP contribution in [0.3, 0.4) is 0 Å². The van der Waals surface area contributed by atoms with Crippen LogP contribution in [-0.4, -0.2) is 26.7 Å². The fraction of sp³-hybridized carbons (Fsp3) is 0.250. The summed E-state index contributed by atoms with van der Waals surface area (Å²) in [6.45, 7) is 2.48. The molecule has 0 saturated heterocycles. The second-order valence-electron chi connectivity index (χ2n) is 5.45. The lowest BCUT2D eigenvalue weighted by atomic mass is 10.1. The molecule has 1 N–H and O–H groups in total. The molecule has 0 unspecified atom stereocenters. The highest BCUT2D eigenvalue weighted by Gasteiger charge is 2.12. The Morgan fingerprint density at radius 2 is 1.75 bits per heavy atom. The lowest BCUT2D eigenvalue weighted by Crippen LogP contribution is -2.24. The number of hydrogen-bond donors (Lipinski definition) is 1. The van der Waals surface area contributed by atoms with Gasteiger partial charge in [-0.1, -0.05) is 42.5 Å². The fourth-order valence-corrected chi connectivity index (χ4v) is 2.34. The van der Waals surface area contributed by atoms with Gasteiger partial charge in [-0.15, -0.1) is 0 Å². The Balaban J connectivity index is 2.06. The van der Waals surface area contributed by atoms with E-state index in [0.717, 1.165) is 16.9 Å². The number of carbonyl (C=O) groups excluding carboxylic acids is 1. The van der Waals surface area contributed by atoms with Crippen LogP contribution in [0.1, 0.15) is 24.1 Å². The number of nitrogens with one attached hydrogen (secondary N) is 1. The van der Waals surface area contributed by atoms with Crippen LogP contribution in [0.2, 0.25) is 0 Å². The lowest BCUT2D eigenvalue weighted by molar-refractivity contribution is -0.136. The Morgan fingerprint density at radius 1 is 1.08 bits per heavy atom. The number of esters is 1. The van der Waals surface area contributed by atoms with Crippen molar-refractivity contribution in [3.63, 3.8) is 0 Å². The number of methoxy groups -OCH3 is 2. The van der Waals surface area contributed by atoms with Gasteiger partial charge in [-0.3, -0.25) is 0 Å². The third-order valence-electron chi connectivity index (χ3n) is 3.80. The molecule has 0 aliphatic heterocycles. The number of carbonyl (C=O) groups is 1. The van der Waals surface area contributed by atoms with Crippen molar-refractivity contribution >= 4 is 12.0 Å². The van der Waals surface area contributed by atoms with Crippen molar-refractivity contribution in [2.45, 2.75) is 13.0 Å². The molecule has 126 valence electrons. The Labute approximate surface area is 143 Å². The SMILES string of the molecule is COC(=O)/C(=C/c1ccccc1)CN[C@@H](C)c1ccc(OC)cc1. The molecule has 0 bridgehead atoms. The maximum absolute atomic E-state index is 12.0. The topological polar surface area (TPSA) is 47.6 Å². The predicted octanol–water partition coefficient (Wildman–Crippen LogP) is 3.60. The minimum Gasteiger partial charge on any atom is -0.497 e. The van der Waals surface area contributed by atoms with E-state index in [1.807, 2.05) is 60.7 Å². The van der Waals surface area contributed by atoms with Gasteiger partial charge in [0.15, 0.2) is 0 Å². The molecule has 0 aliphatic carbocycles. The van der Waals surface area contributed by atoms with Gasteiger partial charge in [-0.05, 0) is 36.3 Å². The third-order valence-corrected chi connectivity index (χ3v) is 3.80. The molecule has 4 heteroatoms. The minimum absolute atomic E-state index is 0.0970. The number of rotatable bonds is 7. The van der Waals surface area contributed by atoms with E-state index < -0.39 is 0 Å². The maximum Gasteiger partial charge on any atom is 0.335 e. The number of benzene rings is 2. The van der Waals surface area contributed by atoms with Gasteiger partial charge in [-0.2, -0.15) is 0 Å². The first-order valence-electron chi connectivity index (χ1n) is 7.85. The molecular formula is C20H23NO3. The lowest BCUT2D eigenvalue weighted by Gasteiger charge is -2.15. The minimum atomic E-state index is -0.326. The van der Waals surface area contributed by atoms with Crippen LogP contribution in [0.25, 0.3) is 6.08 Å². The van der Waals surface area contributed by atoms with Gasteiger partial charge >= 0.3 is 5.97 Å². The van der Waals surface area contributed by atoms with Crippen LogP contribution in [0.4, 0.5) is 0 Å². The summed E-state index contributed by atoms with van der Waals surface area (Å²) in [5.74, 6) is 0.499. The summed E-state index contributed by atoms with van der Waals surface area (Å²) in [6, 6.07) is 17.7. The standard InChI is InChI=1S/C20H23NO3/c1-15(17-9-11-19(23-2)12-10-17)21-14-18(20(22)24-3)13-16-7-5-4-6-8-16/h4-13,15,21H,14H2,1-3H3/b18-13+/t15-/m0/s1. The Hall–Kier alpha value is -2.59. The van der Waals surface area contributed by atoms with Crippen LogP contribution >= 0.6 is 0 Å². The smallest absolute Gasteiger partial charge is 0.335 e. The zero-order valence-corrected chi connectivity index (χ0v) is 14.3. The quantitative estimate of drug-likeness (QED) is 0.624. The molecule has 2 rings (SSSR count). The highest BCUT2D eigenvalue weighted by molar-refractivity contribution is 5.94. The van der Waals surface area contributed by atoms with Crippen LogP contribution < -0.4 is 10.1 Å². The number of hydrogen-bond acceptors (Lipinski definition) is 4. The van der Waals surface area contributed by atoms with E-state index in [4.69, 9.17) is 9.47 Å². The van der Waals surface area contributed by atoms with Gasteiger partial charge in [0, 0.05) is 12.6 Å². The van der Waals surface area contributed by atoms with Crippen molar-refractivity contribution in [2.24, 2.45) is 0 Å². The first-order chi connectivity index (χ1) is 11.6. The largest absolute Gasteiger partial charge is 0.497 e. The summed E-state index contributed by atoms with van der Waals surface area (Å²) in [4.78, 5) is 12.0. The average Bonchev–Trinajstić information content (AvgIpc) is 2.65. The van der Waals surface area contributed by atoms with Crippen molar-refractivity contribution in [3.05, 3.63) is 71.3 Å². The van der Waals surface area contributed by atoms with E-state index in [2.05, 4.69) is 12.2 Å². The summed E-state index contributed by atoms with van der Waals surface area (Å²) in [6.07, 6.45) is 1.85. The summed E-state index contributed by atoms with van der Waals surface area (Å²) in [7, 11) is 3.04. The molecule has 0 aromatic heterocycles. The maximum atomic E-state index is 12.0. The molecule has 0 aliphatic rings. The second-order valence-corrected chi connectivity index (χ2v) is 5.45. The molecule has 2 aromatic rings. The van der Waals surface area contributed by atoms with E-state index in [0.29, 0.717) is 12.1 Å². The van der Waals surface area contributed by atoms with Crippen molar-refractivity contribution in [1.29, 1.82) is 0 Å². The predicted molar refractivity (Wildman–Crippen MR) is 95.8 cm³/mol. The van der Waals surface area contributed by atoms with E-state index in [1.54, 1.807) is 7.11 Å². The fourth-order valence-electron chi connectivity index (χ4n) is 2.34. The molecular weight excluding hydrogens is 302 g/mol. The van der Waals surface area contributed by atoms with Crippen molar-refractivity contribution in [2.75, 3.05) is 20.8 Å². The second kappa shape index (κ2) is 8.89. The first kappa shape index (κ1) is 17.8. The van der Waals surface area contributed by atoms with Gasteiger partial charge in [0.1, 0.15) is 5.75 Å². The van der Waals surface area contributed by atoms with E-state index in [-0.39, 0.29) is 12.0 Å². The summed E-state index contributed by atoms with van der Waals surface area (Å²) >= 11 is 0. The van der Waals surface area contributed by atoms with Gasteiger partial charge < -0.3 is 14.8 Å². The molecule has 4 nitrogen and oxygen atoms in total. The van der Waals surface area contributed by atoms with Gasteiger partial charge in [0.05, 0.1) is 19.8 Å². The molecule has 0 radical (unpaired) electrons. The van der Waals surface area contributed by atoms with E-state index in [1.165, 1.54) is 7.11 Å². The van der Waals surface area contributed by atoms with Crippen LogP contribution in [0.15, 0.2) is 60.2 Å².